The van der Waals surface area contributed by atoms with Crippen molar-refractivity contribution < 1.29 is 9.59 Å². The minimum Gasteiger partial charge on any atom is -0.383 e. The summed E-state index contributed by atoms with van der Waals surface area (Å²) in [5.74, 6) is -0.858. The molecule has 0 bridgehead atoms. The van der Waals surface area contributed by atoms with Gasteiger partial charge < -0.3 is 32.7 Å². The average Bonchev–Trinajstić information content (AvgIpc) is 2.72. The highest BCUT2D eigenvalue weighted by molar-refractivity contribution is 6.31. The molecule has 0 saturated carbocycles. The highest BCUT2D eigenvalue weighted by Gasteiger charge is 2.34. The number of ketones is 2. The first-order valence-electron chi connectivity index (χ1n) is 9.24. The molecular formula is C19H23N9O2. The second-order valence-corrected chi connectivity index (χ2v) is 6.52. The van der Waals surface area contributed by atoms with Gasteiger partial charge in [-0.05, 0) is 18.2 Å². The second kappa shape index (κ2) is 8.90. The lowest BCUT2D eigenvalue weighted by Gasteiger charge is -2.23. The van der Waals surface area contributed by atoms with Crippen LogP contribution in [0.2, 0.25) is 0 Å². The van der Waals surface area contributed by atoms with E-state index in [1.807, 2.05) is 0 Å². The average molecular weight is 409 g/mol. The van der Waals surface area contributed by atoms with Gasteiger partial charge in [0.1, 0.15) is 0 Å². The SMILES string of the molecule is N=C(N)NCCNc1ccc(NCCNC(=N)N)c2c1C(=O)c1ccncc1C2=O. The Hall–Kier alpha value is -4.15. The third kappa shape index (κ3) is 4.29. The van der Waals surface area contributed by atoms with Crippen molar-refractivity contribution in [2.75, 3.05) is 36.8 Å². The van der Waals surface area contributed by atoms with Gasteiger partial charge in [-0.2, -0.15) is 0 Å². The molecule has 2 aromatic rings. The summed E-state index contributed by atoms with van der Waals surface area (Å²) < 4.78 is 0. The molecule has 0 saturated heterocycles. The van der Waals surface area contributed by atoms with Gasteiger partial charge in [0.2, 0.25) is 0 Å². The number of hydrogen-bond acceptors (Lipinski definition) is 7. The third-order valence-electron chi connectivity index (χ3n) is 4.48. The van der Waals surface area contributed by atoms with Crippen molar-refractivity contribution >= 4 is 34.9 Å². The maximum absolute atomic E-state index is 13.2. The first-order chi connectivity index (χ1) is 14.4. The monoisotopic (exact) mass is 409 g/mol. The second-order valence-electron chi connectivity index (χ2n) is 6.52. The number of rotatable bonds is 8. The van der Waals surface area contributed by atoms with Crippen LogP contribution >= 0.6 is 0 Å². The Morgan fingerprint density at radius 2 is 1.30 bits per heavy atom. The van der Waals surface area contributed by atoms with Crippen LogP contribution in [0.4, 0.5) is 11.4 Å². The smallest absolute Gasteiger partial charge is 0.198 e. The van der Waals surface area contributed by atoms with Crippen LogP contribution < -0.4 is 32.7 Å². The Kier molecular flexibility index (Phi) is 6.11. The summed E-state index contributed by atoms with van der Waals surface area (Å²) in [4.78, 5) is 30.4. The molecular weight excluding hydrogens is 386 g/mol. The third-order valence-corrected chi connectivity index (χ3v) is 4.48. The molecule has 3 rings (SSSR count). The molecule has 0 atom stereocenters. The first-order valence-corrected chi connectivity index (χ1v) is 9.24. The molecule has 0 unspecified atom stereocenters. The lowest BCUT2D eigenvalue weighted by molar-refractivity contribution is 0.0980. The predicted octanol–water partition coefficient (Wildman–Crippen LogP) is -0.353. The molecule has 1 aliphatic rings. The van der Waals surface area contributed by atoms with Crippen molar-refractivity contribution in [1.82, 2.24) is 15.6 Å². The molecule has 1 aromatic carbocycles. The van der Waals surface area contributed by atoms with Crippen LogP contribution in [0.5, 0.6) is 0 Å². The molecule has 30 heavy (non-hydrogen) atoms. The van der Waals surface area contributed by atoms with E-state index in [0.717, 1.165) is 0 Å². The molecule has 1 aliphatic carbocycles. The number of carbonyl (C=O) groups excluding carboxylic acids is 2. The number of nitrogens with one attached hydrogen (secondary N) is 6. The minimum absolute atomic E-state index is 0.148. The van der Waals surface area contributed by atoms with Crippen LogP contribution in [0.1, 0.15) is 31.8 Å². The number of nitrogens with two attached hydrogens (primary N) is 2. The van der Waals surface area contributed by atoms with E-state index in [1.165, 1.54) is 18.5 Å². The molecule has 1 aromatic heterocycles. The number of anilines is 2. The Labute approximate surface area is 172 Å². The van der Waals surface area contributed by atoms with E-state index in [0.29, 0.717) is 43.1 Å². The maximum atomic E-state index is 13.2. The number of hydrogen-bond donors (Lipinski definition) is 8. The summed E-state index contributed by atoms with van der Waals surface area (Å²) in [7, 11) is 0. The number of aromatic nitrogens is 1. The number of nitrogens with zero attached hydrogens (tertiary/aromatic N) is 1. The first kappa shape index (κ1) is 20.6. The van der Waals surface area contributed by atoms with E-state index >= 15 is 0 Å². The normalized spacial score (nSPS) is 11.9. The van der Waals surface area contributed by atoms with Gasteiger partial charge in [0.25, 0.3) is 0 Å². The topological polar surface area (TPSA) is 195 Å². The van der Waals surface area contributed by atoms with Crippen LogP contribution in [0, 0.1) is 10.8 Å². The fourth-order valence-corrected chi connectivity index (χ4v) is 3.20. The summed E-state index contributed by atoms with van der Waals surface area (Å²) in [6.07, 6.45) is 2.88. The van der Waals surface area contributed by atoms with Crippen LogP contribution in [0.25, 0.3) is 0 Å². The van der Waals surface area contributed by atoms with Crippen LogP contribution in [-0.2, 0) is 0 Å². The van der Waals surface area contributed by atoms with Crippen LogP contribution in [0.3, 0.4) is 0 Å². The van der Waals surface area contributed by atoms with E-state index in [9.17, 15) is 9.59 Å². The molecule has 0 fully saturated rings. The molecule has 11 heteroatoms. The molecule has 156 valence electrons. The largest absolute Gasteiger partial charge is 0.383 e. The standard InChI is InChI=1S/C19H23N9O2/c20-18(21)27-7-5-25-12-1-2-13(26-6-8-28-19(22)23)15-14(12)16(29)10-3-4-24-9-11(10)17(15)30/h1-4,9,25-26H,5-8H2,(H4,20,21,27)(H4,22,23,28). The summed E-state index contributed by atoms with van der Waals surface area (Å²) in [5, 5.41) is 26.0. The number of pyridine rings is 1. The molecule has 10 N–H and O–H groups in total. The van der Waals surface area contributed by atoms with Crippen molar-refractivity contribution in [2.24, 2.45) is 11.5 Å². The van der Waals surface area contributed by atoms with Crippen molar-refractivity contribution in [1.29, 1.82) is 10.8 Å². The van der Waals surface area contributed by atoms with Gasteiger partial charge in [0.05, 0.1) is 16.7 Å². The number of carbonyl (C=O) groups is 2. The van der Waals surface area contributed by atoms with Crippen LogP contribution in [0.15, 0.2) is 30.6 Å². The van der Waals surface area contributed by atoms with Gasteiger partial charge in [0.15, 0.2) is 23.5 Å². The van der Waals surface area contributed by atoms with Gasteiger partial charge in [-0.3, -0.25) is 25.4 Å². The van der Waals surface area contributed by atoms with Gasteiger partial charge in [-0.1, -0.05) is 0 Å². The molecule has 0 radical (unpaired) electrons. The number of benzene rings is 1. The zero-order valence-corrected chi connectivity index (χ0v) is 16.1. The molecule has 1 heterocycles. The maximum Gasteiger partial charge on any atom is 0.198 e. The van der Waals surface area contributed by atoms with Gasteiger partial charge in [-0.25, -0.2) is 0 Å². The fourth-order valence-electron chi connectivity index (χ4n) is 3.20. The summed E-state index contributed by atoms with van der Waals surface area (Å²) >= 11 is 0. The Balaban J connectivity index is 1.93. The quantitative estimate of drug-likeness (QED) is 0.139. The molecule has 0 amide bonds. The van der Waals surface area contributed by atoms with E-state index in [-0.39, 0.29) is 40.2 Å². The van der Waals surface area contributed by atoms with E-state index in [4.69, 9.17) is 22.3 Å². The number of fused-ring (bicyclic) bond motifs is 2. The van der Waals surface area contributed by atoms with E-state index in [2.05, 4.69) is 26.3 Å². The zero-order chi connectivity index (χ0) is 21.7. The van der Waals surface area contributed by atoms with E-state index < -0.39 is 0 Å². The minimum atomic E-state index is -0.291. The van der Waals surface area contributed by atoms with Crippen molar-refractivity contribution in [3.8, 4) is 0 Å². The fraction of sp³-hybridized carbons (Fsp3) is 0.211. The van der Waals surface area contributed by atoms with Crippen LogP contribution in [-0.4, -0.2) is 54.6 Å². The summed E-state index contributed by atoms with van der Waals surface area (Å²) in [5.41, 5.74) is 12.7. The van der Waals surface area contributed by atoms with E-state index in [1.54, 1.807) is 12.1 Å². The summed E-state index contributed by atoms with van der Waals surface area (Å²) in [6.45, 7) is 1.54. The van der Waals surface area contributed by atoms with Gasteiger partial charge >= 0.3 is 0 Å². The molecule has 0 aliphatic heterocycles. The summed E-state index contributed by atoms with van der Waals surface area (Å²) in [6, 6.07) is 4.99. The zero-order valence-electron chi connectivity index (χ0n) is 16.1. The Bertz CT molecular complexity index is 939. The Morgan fingerprint density at radius 1 is 0.800 bits per heavy atom. The van der Waals surface area contributed by atoms with Gasteiger partial charge in [-0.15, -0.1) is 0 Å². The highest BCUT2D eigenvalue weighted by atomic mass is 16.1. The lowest BCUT2D eigenvalue weighted by atomic mass is 9.83. The highest BCUT2D eigenvalue weighted by Crippen LogP contribution is 2.36. The van der Waals surface area contributed by atoms with Crippen molar-refractivity contribution in [3.05, 3.63) is 52.8 Å². The van der Waals surface area contributed by atoms with Gasteiger partial charge in [0, 0.05) is 55.5 Å². The number of guanidine groups is 2. The van der Waals surface area contributed by atoms with Crippen molar-refractivity contribution in [2.45, 2.75) is 0 Å². The predicted molar refractivity (Wildman–Crippen MR) is 114 cm³/mol. The Morgan fingerprint density at radius 3 is 1.80 bits per heavy atom. The molecule has 11 nitrogen and oxygen atoms in total. The molecule has 0 spiro atoms. The lowest BCUT2D eigenvalue weighted by Crippen LogP contribution is -2.34. The van der Waals surface area contributed by atoms with Crippen molar-refractivity contribution in [3.63, 3.8) is 0 Å².